The van der Waals surface area contributed by atoms with Crippen LogP contribution in [-0.4, -0.2) is 22.2 Å². The first-order valence-electron chi connectivity index (χ1n) is 10.5. The molecule has 1 aromatic rings. The van der Waals surface area contributed by atoms with E-state index in [4.69, 9.17) is 0 Å². The van der Waals surface area contributed by atoms with Crippen LogP contribution >= 0.6 is 0 Å². The van der Waals surface area contributed by atoms with Crippen LogP contribution in [0.5, 0.6) is 0 Å². The smallest absolute Gasteiger partial charge is 0.310 e. The lowest BCUT2D eigenvalue weighted by atomic mass is 9.74. The van der Waals surface area contributed by atoms with Gasteiger partial charge in [-0.05, 0) is 18.4 Å². The Morgan fingerprint density at radius 2 is 1.33 bits per heavy atom. The second-order valence-corrected chi connectivity index (χ2v) is 7.75. The second kappa shape index (κ2) is 13.3. The van der Waals surface area contributed by atoms with E-state index in [0.29, 0.717) is 6.42 Å². The summed E-state index contributed by atoms with van der Waals surface area (Å²) in [4.78, 5) is 23.3. The highest BCUT2D eigenvalue weighted by molar-refractivity contribution is 5.81. The molecule has 1 atom stereocenters. The lowest BCUT2D eigenvalue weighted by Gasteiger charge is -2.28. The number of carboxylic acid groups (broad SMARTS) is 2. The summed E-state index contributed by atoms with van der Waals surface area (Å²) in [5, 5.41) is 19.1. The van der Waals surface area contributed by atoms with Crippen molar-refractivity contribution in [3.05, 3.63) is 35.9 Å². The van der Waals surface area contributed by atoms with Crippen molar-refractivity contribution in [3.8, 4) is 0 Å². The van der Waals surface area contributed by atoms with Crippen molar-refractivity contribution in [1.82, 2.24) is 0 Å². The number of aliphatic carboxylic acids is 2. The molecule has 152 valence electrons. The van der Waals surface area contributed by atoms with E-state index in [-0.39, 0.29) is 12.8 Å². The van der Waals surface area contributed by atoms with Gasteiger partial charge in [-0.15, -0.1) is 0 Å². The van der Waals surface area contributed by atoms with Crippen molar-refractivity contribution < 1.29 is 19.8 Å². The van der Waals surface area contributed by atoms with Gasteiger partial charge in [0.2, 0.25) is 0 Å². The van der Waals surface area contributed by atoms with Crippen LogP contribution < -0.4 is 0 Å². The van der Waals surface area contributed by atoms with Gasteiger partial charge >= 0.3 is 11.9 Å². The quantitative estimate of drug-likeness (QED) is 0.343. The van der Waals surface area contributed by atoms with Gasteiger partial charge < -0.3 is 10.2 Å². The SMILES string of the molecule is CCCCCCCCCCCCC(CC(=O)O)(Cc1ccccc1)C(=O)O. The predicted molar refractivity (Wildman–Crippen MR) is 109 cm³/mol. The molecular weight excluding hydrogens is 340 g/mol. The minimum Gasteiger partial charge on any atom is -0.481 e. The van der Waals surface area contributed by atoms with Crippen molar-refractivity contribution in [2.24, 2.45) is 5.41 Å². The summed E-state index contributed by atoms with van der Waals surface area (Å²) in [6.07, 6.45) is 12.1. The number of hydrogen-bond donors (Lipinski definition) is 2. The predicted octanol–water partition coefficient (Wildman–Crippen LogP) is 6.09. The zero-order valence-electron chi connectivity index (χ0n) is 16.8. The standard InChI is InChI=1S/C23H36O4/c1-2-3-4-5-6-7-8-9-10-14-17-23(22(26)27,19-21(24)25)18-20-15-12-11-13-16-20/h11-13,15-16H,2-10,14,17-19H2,1H3,(H,24,25)(H,26,27). The zero-order valence-corrected chi connectivity index (χ0v) is 16.8. The minimum absolute atomic E-state index is 0.271. The van der Waals surface area contributed by atoms with E-state index in [1.807, 2.05) is 30.3 Å². The number of rotatable bonds is 16. The molecule has 1 unspecified atom stereocenters. The molecule has 0 fully saturated rings. The molecule has 0 bridgehead atoms. The molecule has 1 aromatic carbocycles. The van der Waals surface area contributed by atoms with E-state index in [1.165, 1.54) is 44.9 Å². The van der Waals surface area contributed by atoms with Gasteiger partial charge in [0.05, 0.1) is 11.8 Å². The highest BCUT2D eigenvalue weighted by atomic mass is 16.4. The third-order valence-electron chi connectivity index (χ3n) is 5.34. The highest BCUT2D eigenvalue weighted by Gasteiger charge is 2.40. The highest BCUT2D eigenvalue weighted by Crippen LogP contribution is 2.34. The van der Waals surface area contributed by atoms with Crippen LogP contribution in [0.25, 0.3) is 0 Å². The summed E-state index contributed by atoms with van der Waals surface area (Å²) >= 11 is 0. The number of carboxylic acids is 2. The maximum Gasteiger partial charge on any atom is 0.310 e. The molecule has 0 aromatic heterocycles. The van der Waals surface area contributed by atoms with Crippen LogP contribution in [-0.2, 0) is 16.0 Å². The number of carbonyl (C=O) groups is 2. The van der Waals surface area contributed by atoms with E-state index in [9.17, 15) is 19.8 Å². The van der Waals surface area contributed by atoms with Crippen molar-refractivity contribution >= 4 is 11.9 Å². The average Bonchev–Trinajstić information content (AvgIpc) is 2.63. The zero-order chi connectivity index (χ0) is 20.0. The molecular formula is C23H36O4. The maximum atomic E-state index is 12.0. The van der Waals surface area contributed by atoms with Gasteiger partial charge in [0, 0.05) is 0 Å². The first-order valence-corrected chi connectivity index (χ1v) is 10.5. The van der Waals surface area contributed by atoms with E-state index in [0.717, 1.165) is 24.8 Å². The van der Waals surface area contributed by atoms with Crippen LogP contribution in [0.4, 0.5) is 0 Å². The monoisotopic (exact) mass is 376 g/mol. The molecule has 0 aliphatic rings. The maximum absolute atomic E-state index is 12.0. The fraction of sp³-hybridized carbons (Fsp3) is 0.652. The Kier molecular flexibility index (Phi) is 11.5. The average molecular weight is 377 g/mol. The topological polar surface area (TPSA) is 74.6 Å². The lowest BCUT2D eigenvalue weighted by molar-refractivity contribution is -0.156. The van der Waals surface area contributed by atoms with Crippen LogP contribution in [0.1, 0.15) is 89.5 Å². The number of unbranched alkanes of at least 4 members (excludes halogenated alkanes) is 9. The molecule has 0 spiro atoms. The molecule has 0 aliphatic carbocycles. The largest absolute Gasteiger partial charge is 0.481 e. The third-order valence-corrected chi connectivity index (χ3v) is 5.34. The fourth-order valence-electron chi connectivity index (χ4n) is 3.72. The van der Waals surface area contributed by atoms with E-state index < -0.39 is 17.4 Å². The van der Waals surface area contributed by atoms with E-state index in [2.05, 4.69) is 6.92 Å². The lowest BCUT2D eigenvalue weighted by Crippen LogP contribution is -2.36. The normalized spacial score (nSPS) is 13.2. The van der Waals surface area contributed by atoms with Crippen LogP contribution in [0.2, 0.25) is 0 Å². The Hall–Kier alpha value is -1.84. The fourth-order valence-corrected chi connectivity index (χ4v) is 3.72. The molecule has 0 saturated carbocycles. The molecule has 4 heteroatoms. The van der Waals surface area contributed by atoms with Crippen molar-refractivity contribution in [2.75, 3.05) is 0 Å². The molecule has 0 saturated heterocycles. The Morgan fingerprint density at radius 1 is 0.815 bits per heavy atom. The molecule has 0 aliphatic heterocycles. The van der Waals surface area contributed by atoms with Gasteiger partial charge in [0.1, 0.15) is 0 Å². The van der Waals surface area contributed by atoms with Gasteiger partial charge in [0.25, 0.3) is 0 Å². The first kappa shape index (κ1) is 23.2. The summed E-state index contributed by atoms with van der Waals surface area (Å²) in [6.45, 7) is 2.22. The van der Waals surface area contributed by atoms with Crippen LogP contribution in [0.15, 0.2) is 30.3 Å². The Morgan fingerprint density at radius 3 is 1.81 bits per heavy atom. The van der Waals surface area contributed by atoms with Gasteiger partial charge in [-0.1, -0.05) is 101 Å². The third kappa shape index (κ3) is 9.60. The Bertz CT molecular complexity index is 541. The second-order valence-electron chi connectivity index (χ2n) is 7.75. The van der Waals surface area contributed by atoms with Crippen molar-refractivity contribution in [3.63, 3.8) is 0 Å². The number of hydrogen-bond acceptors (Lipinski definition) is 2. The van der Waals surface area contributed by atoms with Gasteiger partial charge in [-0.25, -0.2) is 0 Å². The molecule has 1 rings (SSSR count). The summed E-state index contributed by atoms with van der Waals surface area (Å²) in [5.41, 5.74) is -0.332. The van der Waals surface area contributed by atoms with Crippen molar-refractivity contribution in [1.29, 1.82) is 0 Å². The van der Waals surface area contributed by atoms with Crippen LogP contribution in [0.3, 0.4) is 0 Å². The summed E-state index contributed by atoms with van der Waals surface area (Å²) < 4.78 is 0. The summed E-state index contributed by atoms with van der Waals surface area (Å²) in [6, 6.07) is 9.36. The minimum atomic E-state index is -1.21. The Labute approximate surface area is 164 Å². The summed E-state index contributed by atoms with van der Waals surface area (Å²) in [5.74, 6) is -2.04. The number of benzene rings is 1. The molecule has 0 heterocycles. The summed E-state index contributed by atoms with van der Waals surface area (Å²) in [7, 11) is 0. The van der Waals surface area contributed by atoms with Crippen LogP contribution in [0, 0.1) is 5.41 Å². The van der Waals surface area contributed by atoms with E-state index in [1.54, 1.807) is 0 Å². The molecule has 27 heavy (non-hydrogen) atoms. The van der Waals surface area contributed by atoms with Crippen molar-refractivity contribution in [2.45, 2.75) is 90.4 Å². The molecule has 0 amide bonds. The van der Waals surface area contributed by atoms with Gasteiger partial charge in [-0.2, -0.15) is 0 Å². The first-order chi connectivity index (χ1) is 13.0. The van der Waals surface area contributed by atoms with E-state index >= 15 is 0 Å². The van der Waals surface area contributed by atoms with Gasteiger partial charge in [0.15, 0.2) is 0 Å². The molecule has 4 nitrogen and oxygen atoms in total. The van der Waals surface area contributed by atoms with Gasteiger partial charge in [-0.3, -0.25) is 9.59 Å². The Balaban J connectivity index is 2.45. The molecule has 0 radical (unpaired) electrons. The molecule has 2 N–H and O–H groups in total.